The van der Waals surface area contributed by atoms with Gasteiger partial charge in [0.1, 0.15) is 17.3 Å². The van der Waals surface area contributed by atoms with Gasteiger partial charge in [0.05, 0.1) is 6.07 Å². The van der Waals surface area contributed by atoms with E-state index in [2.05, 4.69) is 10.3 Å². The maximum absolute atomic E-state index is 12.0. The first-order valence-electron chi connectivity index (χ1n) is 5.99. The zero-order valence-electron chi connectivity index (χ0n) is 11.8. The number of nitrogens with two attached hydrogens (primary N) is 1. The second-order valence-electron chi connectivity index (χ2n) is 5.14. The molecule has 0 saturated carbocycles. The molecule has 7 nitrogen and oxygen atoms in total. The van der Waals surface area contributed by atoms with Gasteiger partial charge >= 0.3 is 0 Å². The summed E-state index contributed by atoms with van der Waals surface area (Å²) in [5.41, 5.74) is 5.44. The van der Waals surface area contributed by atoms with E-state index in [1.165, 1.54) is 19.3 Å². The van der Waals surface area contributed by atoms with E-state index in [4.69, 9.17) is 11.0 Å². The fourth-order valence-corrected chi connectivity index (χ4v) is 2.33. The third-order valence-corrected chi connectivity index (χ3v) is 4.25. The normalized spacial score (nSPS) is 12.2. The van der Waals surface area contributed by atoms with Crippen LogP contribution >= 0.6 is 0 Å². The number of nitriles is 1. The molecule has 0 amide bonds. The van der Waals surface area contributed by atoms with Crippen LogP contribution in [0.2, 0.25) is 0 Å². The predicted octanol–water partition coefficient (Wildman–Crippen LogP) is 0.375. The SMILES string of the molecule is CN(CC#N)S(=O)(=O)c1ccc(NCC(C)(C)N)nc1. The second kappa shape index (κ2) is 6.17. The summed E-state index contributed by atoms with van der Waals surface area (Å²) < 4.78 is 25.1. The van der Waals surface area contributed by atoms with E-state index in [1.54, 1.807) is 12.1 Å². The number of anilines is 1. The molecule has 3 N–H and O–H groups in total. The van der Waals surface area contributed by atoms with Crippen LogP contribution < -0.4 is 11.1 Å². The highest BCUT2D eigenvalue weighted by Gasteiger charge is 2.20. The molecule has 1 heterocycles. The summed E-state index contributed by atoms with van der Waals surface area (Å²) in [5, 5.41) is 11.6. The minimum atomic E-state index is -3.67. The Labute approximate surface area is 119 Å². The molecule has 0 atom stereocenters. The quantitative estimate of drug-likeness (QED) is 0.734. The van der Waals surface area contributed by atoms with Crippen LogP contribution in [-0.4, -0.2) is 43.4 Å². The van der Waals surface area contributed by atoms with Crippen LogP contribution in [0.4, 0.5) is 5.82 Å². The fraction of sp³-hybridized carbons (Fsp3) is 0.500. The van der Waals surface area contributed by atoms with Crippen molar-refractivity contribution in [3.05, 3.63) is 18.3 Å². The zero-order valence-corrected chi connectivity index (χ0v) is 12.6. The Morgan fingerprint density at radius 3 is 2.60 bits per heavy atom. The van der Waals surface area contributed by atoms with Gasteiger partial charge in [-0.15, -0.1) is 0 Å². The van der Waals surface area contributed by atoms with Crippen molar-refractivity contribution in [3.63, 3.8) is 0 Å². The predicted molar refractivity (Wildman–Crippen MR) is 76.4 cm³/mol. The molecule has 1 aromatic heterocycles. The summed E-state index contributed by atoms with van der Waals surface area (Å²) in [6, 6.07) is 4.81. The third kappa shape index (κ3) is 4.45. The molecule has 0 aliphatic carbocycles. The maximum Gasteiger partial charge on any atom is 0.245 e. The van der Waals surface area contributed by atoms with Crippen LogP contribution in [0.1, 0.15) is 13.8 Å². The van der Waals surface area contributed by atoms with Gasteiger partial charge in [0, 0.05) is 25.3 Å². The lowest BCUT2D eigenvalue weighted by molar-refractivity contribution is 0.501. The van der Waals surface area contributed by atoms with Gasteiger partial charge in [0.25, 0.3) is 0 Å². The van der Waals surface area contributed by atoms with Crippen LogP contribution in [0.15, 0.2) is 23.2 Å². The van der Waals surface area contributed by atoms with Crippen molar-refractivity contribution in [2.45, 2.75) is 24.3 Å². The standard InChI is InChI=1S/C12H19N5O2S/c1-12(2,14)9-16-11-5-4-10(8-15-11)20(18,19)17(3)7-6-13/h4-5,8H,7,9,14H2,1-3H3,(H,15,16). The van der Waals surface area contributed by atoms with E-state index >= 15 is 0 Å². The average molecular weight is 297 g/mol. The van der Waals surface area contributed by atoms with Crippen LogP contribution in [0, 0.1) is 11.3 Å². The van der Waals surface area contributed by atoms with Crippen molar-refractivity contribution in [1.82, 2.24) is 9.29 Å². The van der Waals surface area contributed by atoms with E-state index in [-0.39, 0.29) is 17.0 Å². The second-order valence-corrected chi connectivity index (χ2v) is 7.19. The van der Waals surface area contributed by atoms with E-state index in [9.17, 15) is 8.42 Å². The molecule has 8 heteroatoms. The van der Waals surface area contributed by atoms with Gasteiger partial charge < -0.3 is 11.1 Å². The Morgan fingerprint density at radius 2 is 2.15 bits per heavy atom. The van der Waals surface area contributed by atoms with Crippen LogP contribution in [0.3, 0.4) is 0 Å². The molecule has 0 unspecified atom stereocenters. The molecule has 0 aromatic carbocycles. The molecule has 0 saturated heterocycles. The molecule has 0 fully saturated rings. The first-order chi connectivity index (χ1) is 9.16. The van der Waals surface area contributed by atoms with Gasteiger partial charge in [0.15, 0.2) is 0 Å². The summed E-state index contributed by atoms with van der Waals surface area (Å²) >= 11 is 0. The van der Waals surface area contributed by atoms with Crippen molar-refractivity contribution < 1.29 is 8.42 Å². The van der Waals surface area contributed by atoms with Crippen LogP contribution in [0.25, 0.3) is 0 Å². The summed E-state index contributed by atoms with van der Waals surface area (Å²) in [5.74, 6) is 0.547. The molecule has 0 aliphatic heterocycles. The van der Waals surface area contributed by atoms with E-state index < -0.39 is 10.0 Å². The van der Waals surface area contributed by atoms with Gasteiger partial charge in [-0.1, -0.05) is 0 Å². The number of sulfonamides is 1. The largest absolute Gasteiger partial charge is 0.368 e. The maximum atomic E-state index is 12.0. The third-order valence-electron chi connectivity index (χ3n) is 2.46. The van der Waals surface area contributed by atoms with Gasteiger partial charge in [-0.3, -0.25) is 0 Å². The van der Waals surface area contributed by atoms with Crippen LogP contribution in [-0.2, 0) is 10.0 Å². The minimum Gasteiger partial charge on any atom is -0.368 e. The summed E-state index contributed by atoms with van der Waals surface area (Å²) in [6.45, 7) is 4.05. The lowest BCUT2D eigenvalue weighted by Gasteiger charge is -2.19. The number of pyridine rings is 1. The van der Waals surface area contributed by atoms with Gasteiger partial charge in [-0.2, -0.15) is 9.57 Å². The number of hydrogen-bond donors (Lipinski definition) is 2. The highest BCUT2D eigenvalue weighted by Crippen LogP contribution is 2.15. The van der Waals surface area contributed by atoms with Crippen molar-refractivity contribution >= 4 is 15.8 Å². The Morgan fingerprint density at radius 1 is 1.50 bits per heavy atom. The van der Waals surface area contributed by atoms with Gasteiger partial charge in [-0.25, -0.2) is 13.4 Å². The molecule has 0 spiro atoms. The van der Waals surface area contributed by atoms with Crippen molar-refractivity contribution in [2.24, 2.45) is 5.73 Å². The Balaban J connectivity index is 2.84. The lowest BCUT2D eigenvalue weighted by atomic mass is 10.1. The van der Waals surface area contributed by atoms with Crippen molar-refractivity contribution in [2.75, 3.05) is 25.5 Å². The average Bonchev–Trinajstić information content (AvgIpc) is 2.36. The Bertz CT molecular complexity index is 584. The molecule has 0 aliphatic rings. The first kappa shape index (κ1) is 16.4. The molecule has 1 rings (SSSR count). The number of aromatic nitrogens is 1. The monoisotopic (exact) mass is 297 g/mol. The number of rotatable bonds is 6. The highest BCUT2D eigenvalue weighted by atomic mass is 32.2. The Kier molecular flexibility index (Phi) is 5.05. The fourth-order valence-electron chi connectivity index (χ4n) is 1.32. The van der Waals surface area contributed by atoms with Crippen molar-refractivity contribution in [3.8, 4) is 6.07 Å². The lowest BCUT2D eigenvalue weighted by Crippen LogP contribution is -2.39. The zero-order chi connectivity index (χ0) is 15.4. The van der Waals surface area contributed by atoms with Crippen molar-refractivity contribution in [1.29, 1.82) is 5.26 Å². The molecule has 0 radical (unpaired) electrons. The number of hydrogen-bond acceptors (Lipinski definition) is 6. The molecule has 20 heavy (non-hydrogen) atoms. The van der Waals surface area contributed by atoms with Gasteiger partial charge in [0.2, 0.25) is 10.0 Å². The summed E-state index contributed by atoms with van der Waals surface area (Å²) in [4.78, 5) is 4.08. The number of nitrogens with zero attached hydrogens (tertiary/aromatic N) is 3. The molecular weight excluding hydrogens is 278 g/mol. The molecule has 0 bridgehead atoms. The van der Waals surface area contributed by atoms with Crippen LogP contribution in [0.5, 0.6) is 0 Å². The van der Waals surface area contributed by atoms with E-state index in [0.717, 1.165) is 4.31 Å². The molecular formula is C12H19N5O2S. The Hall–Kier alpha value is -1.69. The summed E-state index contributed by atoms with van der Waals surface area (Å²) in [6.07, 6.45) is 1.26. The molecule has 1 aromatic rings. The smallest absolute Gasteiger partial charge is 0.245 e. The number of nitrogens with one attached hydrogen (secondary N) is 1. The topological polar surface area (TPSA) is 112 Å². The summed E-state index contributed by atoms with van der Waals surface area (Å²) in [7, 11) is -2.32. The first-order valence-corrected chi connectivity index (χ1v) is 7.43. The van der Waals surface area contributed by atoms with E-state index in [1.807, 2.05) is 13.8 Å². The van der Waals surface area contributed by atoms with E-state index in [0.29, 0.717) is 12.4 Å². The van der Waals surface area contributed by atoms with Gasteiger partial charge in [-0.05, 0) is 26.0 Å². The minimum absolute atomic E-state index is 0.0489. The highest BCUT2D eigenvalue weighted by molar-refractivity contribution is 7.89. The molecule has 110 valence electrons.